The fraction of sp³-hybridized carbons (Fsp3) is 0.0244. The molecule has 0 fully saturated rings. The first kappa shape index (κ1) is 24.0. The number of hydrogen-bond donors (Lipinski definition) is 0. The van der Waals surface area contributed by atoms with E-state index in [1.165, 1.54) is 21.9 Å². The molecule has 8 aromatic rings. The Bertz CT molecular complexity index is 2270. The SMILES string of the molecule is c1ccc(C2(c3ccccc3)c3ccccc3Oc3cc(-c4cccc5oc6ccc7ccccc7c6c45)ccc32)cc1. The van der Waals surface area contributed by atoms with Gasteiger partial charge in [-0.25, -0.2) is 0 Å². The Balaban J connectivity index is 1.35. The largest absolute Gasteiger partial charge is 0.457 e. The van der Waals surface area contributed by atoms with Gasteiger partial charge in [-0.3, -0.25) is 0 Å². The van der Waals surface area contributed by atoms with Crippen molar-refractivity contribution in [3.63, 3.8) is 0 Å². The average Bonchev–Trinajstić information content (AvgIpc) is 3.47. The summed E-state index contributed by atoms with van der Waals surface area (Å²) in [4.78, 5) is 0. The van der Waals surface area contributed by atoms with Crippen LogP contribution in [0.2, 0.25) is 0 Å². The van der Waals surface area contributed by atoms with E-state index in [0.29, 0.717) is 0 Å². The quantitative estimate of drug-likeness (QED) is 0.218. The monoisotopic (exact) mass is 550 g/mol. The molecule has 2 nitrogen and oxygen atoms in total. The predicted octanol–water partition coefficient (Wildman–Crippen LogP) is 10.9. The van der Waals surface area contributed by atoms with E-state index < -0.39 is 5.41 Å². The summed E-state index contributed by atoms with van der Waals surface area (Å²) < 4.78 is 13.2. The first-order chi connectivity index (χ1) is 21.3. The topological polar surface area (TPSA) is 22.4 Å². The van der Waals surface area contributed by atoms with Crippen molar-refractivity contribution in [3.8, 4) is 22.6 Å². The van der Waals surface area contributed by atoms with Crippen LogP contribution in [-0.2, 0) is 5.41 Å². The number of benzene rings is 7. The van der Waals surface area contributed by atoms with Gasteiger partial charge in [0, 0.05) is 21.9 Å². The highest BCUT2D eigenvalue weighted by Gasteiger charge is 2.45. The van der Waals surface area contributed by atoms with Crippen LogP contribution in [0.4, 0.5) is 0 Å². The lowest BCUT2D eigenvalue weighted by atomic mass is 9.63. The zero-order valence-electron chi connectivity index (χ0n) is 23.3. The Kier molecular flexibility index (Phi) is 5.15. The molecule has 2 heterocycles. The van der Waals surface area contributed by atoms with Crippen LogP contribution in [0.1, 0.15) is 22.3 Å². The molecule has 1 aliphatic heterocycles. The van der Waals surface area contributed by atoms with Gasteiger partial charge in [-0.05, 0) is 57.3 Å². The zero-order chi connectivity index (χ0) is 28.4. The highest BCUT2D eigenvalue weighted by atomic mass is 16.5. The van der Waals surface area contributed by atoms with Crippen LogP contribution in [0.25, 0.3) is 43.8 Å². The molecule has 9 rings (SSSR count). The van der Waals surface area contributed by atoms with E-state index in [0.717, 1.165) is 55.7 Å². The van der Waals surface area contributed by atoms with Gasteiger partial charge < -0.3 is 9.15 Å². The van der Waals surface area contributed by atoms with E-state index in [-0.39, 0.29) is 0 Å². The third kappa shape index (κ3) is 3.41. The van der Waals surface area contributed by atoms with Crippen molar-refractivity contribution < 1.29 is 9.15 Å². The maximum atomic E-state index is 6.77. The fourth-order valence-electron chi connectivity index (χ4n) is 7.21. The second-order valence-corrected chi connectivity index (χ2v) is 11.2. The molecule has 0 amide bonds. The molecule has 0 saturated heterocycles. The average molecular weight is 551 g/mol. The van der Waals surface area contributed by atoms with Crippen molar-refractivity contribution >= 4 is 32.7 Å². The van der Waals surface area contributed by atoms with E-state index in [1.807, 2.05) is 0 Å². The van der Waals surface area contributed by atoms with Gasteiger partial charge in [0.1, 0.15) is 22.7 Å². The fourth-order valence-corrected chi connectivity index (χ4v) is 7.21. The van der Waals surface area contributed by atoms with Gasteiger partial charge in [0.15, 0.2) is 0 Å². The molecule has 7 aromatic carbocycles. The summed E-state index contributed by atoms with van der Waals surface area (Å²) in [5, 5.41) is 4.67. The molecule has 2 heteroatoms. The second kappa shape index (κ2) is 9.20. The number of hydrogen-bond acceptors (Lipinski definition) is 2. The molecule has 0 bridgehead atoms. The molecular weight excluding hydrogens is 524 g/mol. The van der Waals surface area contributed by atoms with Gasteiger partial charge in [0.05, 0.1) is 5.41 Å². The van der Waals surface area contributed by atoms with Gasteiger partial charge in [0.25, 0.3) is 0 Å². The summed E-state index contributed by atoms with van der Waals surface area (Å²) in [5.41, 5.74) is 8.16. The Morgan fingerprint density at radius 2 is 1.12 bits per heavy atom. The molecule has 0 N–H and O–H groups in total. The number of ether oxygens (including phenoxy) is 1. The zero-order valence-corrected chi connectivity index (χ0v) is 23.3. The lowest BCUT2D eigenvalue weighted by molar-refractivity contribution is 0.435. The molecule has 0 spiro atoms. The van der Waals surface area contributed by atoms with E-state index >= 15 is 0 Å². The lowest BCUT2D eigenvalue weighted by Gasteiger charge is -2.41. The summed E-state index contributed by atoms with van der Waals surface area (Å²) >= 11 is 0. The van der Waals surface area contributed by atoms with Crippen LogP contribution in [0.3, 0.4) is 0 Å². The van der Waals surface area contributed by atoms with Gasteiger partial charge in [-0.1, -0.05) is 133 Å². The molecule has 0 aliphatic carbocycles. The van der Waals surface area contributed by atoms with Crippen LogP contribution in [-0.4, -0.2) is 0 Å². The molecule has 43 heavy (non-hydrogen) atoms. The van der Waals surface area contributed by atoms with E-state index in [4.69, 9.17) is 9.15 Å². The van der Waals surface area contributed by atoms with Crippen molar-refractivity contribution in [3.05, 3.63) is 180 Å². The molecule has 0 atom stereocenters. The number of para-hydroxylation sites is 1. The number of rotatable bonds is 3. The van der Waals surface area contributed by atoms with Crippen molar-refractivity contribution in [2.24, 2.45) is 0 Å². The standard InChI is InChI=1S/C41H26O2/c1-3-13-29(14-4-1)41(30-15-5-2-6-16-30)33-19-9-10-20-35(33)42-38-26-28(22-24-34(38)41)32-18-11-21-36-40(32)39-31-17-8-7-12-27(31)23-25-37(39)43-36/h1-26H. The Labute approximate surface area is 249 Å². The summed E-state index contributed by atoms with van der Waals surface area (Å²) in [5.74, 6) is 1.73. The van der Waals surface area contributed by atoms with Gasteiger partial charge in [0.2, 0.25) is 0 Å². The highest BCUT2D eigenvalue weighted by Crippen LogP contribution is 2.56. The Hall–Kier alpha value is -5.60. The van der Waals surface area contributed by atoms with Crippen molar-refractivity contribution in [2.45, 2.75) is 5.41 Å². The highest BCUT2D eigenvalue weighted by molar-refractivity contribution is 6.22. The normalized spacial score (nSPS) is 13.5. The molecule has 0 unspecified atom stereocenters. The molecular formula is C41H26O2. The minimum absolute atomic E-state index is 0.532. The van der Waals surface area contributed by atoms with Gasteiger partial charge >= 0.3 is 0 Å². The maximum absolute atomic E-state index is 6.77. The van der Waals surface area contributed by atoms with E-state index in [1.54, 1.807) is 0 Å². The summed E-state index contributed by atoms with van der Waals surface area (Å²) in [7, 11) is 0. The van der Waals surface area contributed by atoms with E-state index in [2.05, 4.69) is 158 Å². The van der Waals surface area contributed by atoms with Crippen LogP contribution in [0, 0.1) is 0 Å². The predicted molar refractivity (Wildman–Crippen MR) is 175 cm³/mol. The summed E-state index contributed by atoms with van der Waals surface area (Å²) in [6.45, 7) is 0. The minimum Gasteiger partial charge on any atom is -0.457 e. The van der Waals surface area contributed by atoms with Crippen LogP contribution >= 0.6 is 0 Å². The van der Waals surface area contributed by atoms with Crippen molar-refractivity contribution in [1.82, 2.24) is 0 Å². The minimum atomic E-state index is -0.532. The molecule has 0 radical (unpaired) electrons. The van der Waals surface area contributed by atoms with Gasteiger partial charge in [-0.15, -0.1) is 0 Å². The molecule has 202 valence electrons. The number of fused-ring (bicyclic) bond motifs is 7. The summed E-state index contributed by atoms with van der Waals surface area (Å²) in [6.07, 6.45) is 0. The van der Waals surface area contributed by atoms with E-state index in [9.17, 15) is 0 Å². The first-order valence-corrected chi connectivity index (χ1v) is 14.7. The van der Waals surface area contributed by atoms with Crippen LogP contribution in [0.15, 0.2) is 162 Å². The third-order valence-electron chi connectivity index (χ3n) is 9.01. The van der Waals surface area contributed by atoms with Gasteiger partial charge in [-0.2, -0.15) is 0 Å². The van der Waals surface area contributed by atoms with Crippen LogP contribution in [0.5, 0.6) is 11.5 Å². The molecule has 0 saturated carbocycles. The molecule has 1 aromatic heterocycles. The maximum Gasteiger partial charge on any atom is 0.136 e. The first-order valence-electron chi connectivity index (χ1n) is 14.7. The smallest absolute Gasteiger partial charge is 0.136 e. The Morgan fingerprint density at radius 1 is 0.442 bits per heavy atom. The second-order valence-electron chi connectivity index (χ2n) is 11.2. The summed E-state index contributed by atoms with van der Waals surface area (Å²) in [6, 6.07) is 55.9. The third-order valence-corrected chi connectivity index (χ3v) is 9.01. The lowest BCUT2D eigenvalue weighted by Crippen LogP contribution is -2.34. The molecule has 1 aliphatic rings. The number of furan rings is 1. The van der Waals surface area contributed by atoms with Crippen LogP contribution < -0.4 is 4.74 Å². The van der Waals surface area contributed by atoms with Crippen molar-refractivity contribution in [1.29, 1.82) is 0 Å². The Morgan fingerprint density at radius 3 is 1.93 bits per heavy atom. The van der Waals surface area contributed by atoms with Crippen molar-refractivity contribution in [2.75, 3.05) is 0 Å².